The fraction of sp³-hybridized carbons (Fsp3) is 0.750. The summed E-state index contributed by atoms with van der Waals surface area (Å²) in [5.74, 6) is -0.312. The van der Waals surface area contributed by atoms with Gasteiger partial charge in [-0.2, -0.15) is 5.48 Å². The van der Waals surface area contributed by atoms with Gasteiger partial charge in [-0.05, 0) is 12.8 Å². The average Bonchev–Trinajstić information content (AvgIpc) is 2.15. The quantitative estimate of drug-likeness (QED) is 0.504. The van der Waals surface area contributed by atoms with E-state index >= 15 is 0 Å². The molecular formula is C8H13NO3. The first-order valence-electron chi connectivity index (χ1n) is 4.24. The van der Waals surface area contributed by atoms with E-state index in [-0.39, 0.29) is 11.9 Å². The van der Waals surface area contributed by atoms with Crippen molar-refractivity contribution in [1.82, 2.24) is 5.48 Å². The van der Waals surface area contributed by atoms with E-state index in [4.69, 9.17) is 0 Å². The van der Waals surface area contributed by atoms with Crippen LogP contribution in [0.4, 0.5) is 0 Å². The fourth-order valence-corrected chi connectivity index (χ4v) is 1.50. The summed E-state index contributed by atoms with van der Waals surface area (Å²) in [6.45, 7) is 0. The summed E-state index contributed by atoms with van der Waals surface area (Å²) < 4.78 is 0. The van der Waals surface area contributed by atoms with Gasteiger partial charge in [-0.25, -0.2) is 4.79 Å². The van der Waals surface area contributed by atoms with Gasteiger partial charge in [0.1, 0.15) is 0 Å². The zero-order valence-corrected chi connectivity index (χ0v) is 6.91. The zero-order valence-electron chi connectivity index (χ0n) is 6.91. The summed E-state index contributed by atoms with van der Waals surface area (Å²) in [5.41, 5.74) is 1.92. The van der Waals surface area contributed by atoms with Gasteiger partial charge in [0.2, 0.25) is 6.41 Å². The first kappa shape index (κ1) is 9.03. The molecule has 0 heterocycles. The number of hydroxylamine groups is 1. The predicted octanol–water partition coefficient (Wildman–Crippen LogP) is 0.771. The molecule has 0 saturated heterocycles. The third-order valence-electron chi connectivity index (χ3n) is 2.15. The second-order valence-electron chi connectivity index (χ2n) is 2.99. The van der Waals surface area contributed by atoms with E-state index < -0.39 is 0 Å². The normalized spacial score (nSPS) is 18.3. The molecule has 0 aliphatic heterocycles. The number of carbonyl (C=O) groups is 2. The molecule has 0 atom stereocenters. The first-order chi connectivity index (χ1) is 5.84. The molecular weight excluding hydrogens is 158 g/mol. The van der Waals surface area contributed by atoms with E-state index in [0.717, 1.165) is 25.7 Å². The van der Waals surface area contributed by atoms with Crippen molar-refractivity contribution in [3.05, 3.63) is 0 Å². The molecule has 1 rings (SSSR count). The Hall–Kier alpha value is -1.06. The second kappa shape index (κ2) is 4.74. The van der Waals surface area contributed by atoms with Crippen molar-refractivity contribution in [1.29, 1.82) is 0 Å². The molecule has 0 unspecified atom stereocenters. The highest BCUT2D eigenvalue weighted by molar-refractivity contribution is 5.73. The predicted molar refractivity (Wildman–Crippen MR) is 41.9 cm³/mol. The molecule has 0 aromatic carbocycles. The Morgan fingerprint density at radius 2 is 2.00 bits per heavy atom. The molecule has 0 aromatic heterocycles. The molecule has 12 heavy (non-hydrogen) atoms. The molecule has 1 saturated carbocycles. The van der Waals surface area contributed by atoms with Gasteiger partial charge in [-0.15, -0.1) is 0 Å². The molecule has 68 valence electrons. The Morgan fingerprint density at radius 3 is 2.58 bits per heavy atom. The lowest BCUT2D eigenvalue weighted by Gasteiger charge is -2.18. The van der Waals surface area contributed by atoms with Gasteiger partial charge < -0.3 is 4.84 Å². The third-order valence-corrected chi connectivity index (χ3v) is 2.15. The minimum absolute atomic E-state index is 0.00815. The van der Waals surface area contributed by atoms with Crippen LogP contribution in [0.2, 0.25) is 0 Å². The van der Waals surface area contributed by atoms with Crippen molar-refractivity contribution in [2.24, 2.45) is 5.92 Å². The largest absolute Gasteiger partial charge is 0.341 e. The Morgan fingerprint density at radius 1 is 1.33 bits per heavy atom. The number of hydrogen-bond donors (Lipinski definition) is 1. The lowest BCUT2D eigenvalue weighted by Crippen LogP contribution is -2.26. The number of nitrogens with one attached hydrogen (secondary N) is 1. The van der Waals surface area contributed by atoms with E-state index in [1.807, 2.05) is 5.48 Å². The molecule has 0 radical (unpaired) electrons. The maximum absolute atomic E-state index is 11.1. The van der Waals surface area contributed by atoms with Gasteiger partial charge >= 0.3 is 5.97 Å². The molecule has 0 bridgehead atoms. The fourth-order valence-electron chi connectivity index (χ4n) is 1.50. The van der Waals surface area contributed by atoms with Crippen molar-refractivity contribution < 1.29 is 14.4 Å². The highest BCUT2D eigenvalue weighted by atomic mass is 16.7. The molecule has 1 amide bonds. The first-order valence-corrected chi connectivity index (χ1v) is 4.24. The van der Waals surface area contributed by atoms with Crippen molar-refractivity contribution in [3.8, 4) is 0 Å². The van der Waals surface area contributed by atoms with Crippen LogP contribution in [0.25, 0.3) is 0 Å². The summed E-state index contributed by atoms with van der Waals surface area (Å²) in [6, 6.07) is 0. The molecule has 4 heteroatoms. The van der Waals surface area contributed by atoms with Crippen LogP contribution in [0.15, 0.2) is 0 Å². The lowest BCUT2D eigenvalue weighted by atomic mass is 9.89. The Bertz CT molecular complexity index is 164. The Balaban J connectivity index is 2.24. The van der Waals surface area contributed by atoms with Crippen LogP contribution in [0.1, 0.15) is 32.1 Å². The van der Waals surface area contributed by atoms with Crippen molar-refractivity contribution in [2.75, 3.05) is 0 Å². The van der Waals surface area contributed by atoms with Crippen LogP contribution in [0, 0.1) is 5.92 Å². The van der Waals surface area contributed by atoms with E-state index in [1.54, 1.807) is 0 Å². The van der Waals surface area contributed by atoms with Crippen LogP contribution >= 0.6 is 0 Å². The highest BCUT2D eigenvalue weighted by Crippen LogP contribution is 2.24. The Kier molecular flexibility index (Phi) is 3.57. The minimum atomic E-state index is -0.304. The smallest absolute Gasteiger partial charge is 0.335 e. The van der Waals surface area contributed by atoms with Crippen molar-refractivity contribution >= 4 is 12.4 Å². The van der Waals surface area contributed by atoms with Gasteiger partial charge in [0, 0.05) is 0 Å². The van der Waals surface area contributed by atoms with Gasteiger partial charge in [-0.1, -0.05) is 19.3 Å². The summed E-state index contributed by atoms with van der Waals surface area (Å²) in [6.07, 6.45) is 5.51. The van der Waals surface area contributed by atoms with Gasteiger partial charge in [0.05, 0.1) is 5.92 Å². The maximum atomic E-state index is 11.1. The number of hydrogen-bond acceptors (Lipinski definition) is 3. The molecule has 1 aliphatic rings. The van der Waals surface area contributed by atoms with Crippen molar-refractivity contribution in [3.63, 3.8) is 0 Å². The molecule has 1 fully saturated rings. The van der Waals surface area contributed by atoms with E-state index in [9.17, 15) is 9.59 Å². The standard InChI is InChI=1S/C8H13NO3/c10-6-9-12-8(11)7-4-2-1-3-5-7/h6-7H,1-5H2,(H,9,10). The van der Waals surface area contributed by atoms with Crippen LogP contribution in [-0.2, 0) is 14.4 Å². The monoisotopic (exact) mass is 171 g/mol. The number of rotatable bonds is 3. The molecule has 1 N–H and O–H groups in total. The molecule has 0 spiro atoms. The number of carbonyl (C=O) groups excluding carboxylic acids is 2. The zero-order chi connectivity index (χ0) is 8.81. The van der Waals surface area contributed by atoms with Gasteiger partial charge in [0.15, 0.2) is 0 Å². The lowest BCUT2D eigenvalue weighted by molar-refractivity contribution is -0.159. The summed E-state index contributed by atoms with van der Waals surface area (Å²) in [4.78, 5) is 25.4. The van der Waals surface area contributed by atoms with Crippen LogP contribution < -0.4 is 5.48 Å². The number of amides is 1. The van der Waals surface area contributed by atoms with E-state index in [2.05, 4.69) is 4.84 Å². The summed E-state index contributed by atoms with van der Waals surface area (Å²) in [5, 5.41) is 0. The van der Waals surface area contributed by atoms with E-state index in [1.165, 1.54) is 6.42 Å². The molecule has 4 nitrogen and oxygen atoms in total. The molecule has 0 aromatic rings. The Labute approximate surface area is 71.2 Å². The van der Waals surface area contributed by atoms with E-state index in [0.29, 0.717) is 6.41 Å². The molecule has 1 aliphatic carbocycles. The maximum Gasteiger partial charge on any atom is 0.335 e. The third kappa shape index (κ3) is 2.53. The second-order valence-corrected chi connectivity index (χ2v) is 2.99. The van der Waals surface area contributed by atoms with Crippen LogP contribution in [-0.4, -0.2) is 12.4 Å². The van der Waals surface area contributed by atoms with Crippen LogP contribution in [0.5, 0.6) is 0 Å². The highest BCUT2D eigenvalue weighted by Gasteiger charge is 2.22. The summed E-state index contributed by atoms with van der Waals surface area (Å²) >= 11 is 0. The van der Waals surface area contributed by atoms with Crippen LogP contribution in [0.3, 0.4) is 0 Å². The minimum Gasteiger partial charge on any atom is -0.341 e. The average molecular weight is 171 g/mol. The van der Waals surface area contributed by atoms with Gasteiger partial charge in [-0.3, -0.25) is 4.79 Å². The topological polar surface area (TPSA) is 55.4 Å². The van der Waals surface area contributed by atoms with Gasteiger partial charge in [0.25, 0.3) is 0 Å². The summed E-state index contributed by atoms with van der Waals surface area (Å²) in [7, 11) is 0. The SMILES string of the molecule is O=CNOC(=O)C1CCCCC1. The van der Waals surface area contributed by atoms with Crippen molar-refractivity contribution in [2.45, 2.75) is 32.1 Å².